The first-order valence-electron chi connectivity index (χ1n) is 13.5. The maximum Gasteiger partial charge on any atom is 0.416 e. The van der Waals surface area contributed by atoms with Crippen molar-refractivity contribution in [1.29, 1.82) is 0 Å². The van der Waals surface area contributed by atoms with E-state index in [1.54, 1.807) is 53.7 Å². The summed E-state index contributed by atoms with van der Waals surface area (Å²) < 4.78 is 16.6. The van der Waals surface area contributed by atoms with Gasteiger partial charge in [-0.2, -0.15) is 0 Å². The summed E-state index contributed by atoms with van der Waals surface area (Å²) in [4.78, 5) is 31.5. The van der Waals surface area contributed by atoms with Crippen LogP contribution < -0.4 is 15.4 Å². The number of rotatable bonds is 9. The molecule has 214 valence electrons. The van der Waals surface area contributed by atoms with E-state index < -0.39 is 29.3 Å². The van der Waals surface area contributed by atoms with E-state index in [4.69, 9.17) is 19.9 Å². The van der Waals surface area contributed by atoms with E-state index in [-0.39, 0.29) is 12.4 Å². The van der Waals surface area contributed by atoms with Crippen LogP contribution in [0.15, 0.2) is 66.7 Å². The smallest absolute Gasteiger partial charge is 0.416 e. The van der Waals surface area contributed by atoms with Crippen LogP contribution in [0.25, 0.3) is 11.1 Å². The molecule has 0 spiro atoms. The molecule has 3 rings (SSSR count). The second-order valence-corrected chi connectivity index (χ2v) is 11.5. The number of carbonyl (C=O) groups excluding carboxylic acids is 2. The average Bonchev–Trinajstić information content (AvgIpc) is 2.86. The maximum absolute atomic E-state index is 13.1. The van der Waals surface area contributed by atoms with Crippen molar-refractivity contribution < 1.29 is 23.8 Å². The molecule has 0 aliphatic rings. The van der Waals surface area contributed by atoms with E-state index in [9.17, 15) is 9.59 Å². The Balaban J connectivity index is 1.78. The van der Waals surface area contributed by atoms with Gasteiger partial charge in [0.05, 0.1) is 18.3 Å². The monoisotopic (exact) mass is 547 g/mol. The number of esters is 1. The van der Waals surface area contributed by atoms with Gasteiger partial charge in [-0.25, -0.2) is 9.78 Å². The van der Waals surface area contributed by atoms with Crippen molar-refractivity contribution in [2.24, 2.45) is 5.73 Å². The van der Waals surface area contributed by atoms with Gasteiger partial charge in [-0.1, -0.05) is 42.5 Å². The first-order valence-corrected chi connectivity index (χ1v) is 13.5. The van der Waals surface area contributed by atoms with Gasteiger partial charge in [0.25, 0.3) is 0 Å². The fraction of sp³-hybridized carbons (Fsp3) is 0.406. The highest BCUT2D eigenvalue weighted by molar-refractivity contribution is 5.92. The third-order valence-corrected chi connectivity index (χ3v) is 5.62. The molecule has 8 heteroatoms. The summed E-state index contributed by atoms with van der Waals surface area (Å²) in [5, 5.41) is 0. The molecule has 0 radical (unpaired) electrons. The van der Waals surface area contributed by atoms with E-state index in [2.05, 4.69) is 17.1 Å². The lowest BCUT2D eigenvalue weighted by molar-refractivity contribution is -0.153. The summed E-state index contributed by atoms with van der Waals surface area (Å²) in [6, 6.07) is 21.0. The van der Waals surface area contributed by atoms with Gasteiger partial charge in [0.15, 0.2) is 0 Å². The summed E-state index contributed by atoms with van der Waals surface area (Å²) in [6.07, 6.45) is -0.158. The molecule has 0 aliphatic carbocycles. The number of hydrogen-bond acceptors (Lipinski definition) is 7. The minimum atomic E-state index is -0.756. The van der Waals surface area contributed by atoms with Crippen LogP contribution in [0.3, 0.4) is 0 Å². The predicted octanol–water partition coefficient (Wildman–Crippen LogP) is 6.47. The number of pyridine rings is 1. The Morgan fingerprint density at radius 2 is 1.52 bits per heavy atom. The third-order valence-electron chi connectivity index (χ3n) is 5.62. The first kappa shape index (κ1) is 30.6. The second-order valence-electron chi connectivity index (χ2n) is 11.5. The molecule has 1 unspecified atom stereocenters. The number of benzene rings is 2. The van der Waals surface area contributed by atoms with Crippen molar-refractivity contribution >= 4 is 17.9 Å². The first-order chi connectivity index (χ1) is 18.7. The zero-order valence-electron chi connectivity index (χ0n) is 24.6. The number of ether oxygens (including phenoxy) is 3. The minimum Gasteiger partial charge on any atom is -0.494 e. The Kier molecular flexibility index (Phi) is 9.93. The van der Waals surface area contributed by atoms with Crippen LogP contribution >= 0.6 is 0 Å². The molecule has 0 bridgehead atoms. The SMILES string of the molecule is CCOc1cccc(-c2ccc(CC(N)c3cccc(N(CC(=O)OC(C)(C)C)C(=O)OC(C)(C)C)n3)cc2)c1. The molecular weight excluding hydrogens is 506 g/mol. The minimum absolute atomic E-state index is 0.262. The second kappa shape index (κ2) is 13.0. The van der Waals surface area contributed by atoms with Gasteiger partial charge in [0.1, 0.15) is 29.3 Å². The Bertz CT molecular complexity index is 1290. The molecule has 1 heterocycles. The van der Waals surface area contributed by atoms with E-state index >= 15 is 0 Å². The Morgan fingerprint density at radius 1 is 0.875 bits per heavy atom. The van der Waals surface area contributed by atoms with Crippen LogP contribution in [0.4, 0.5) is 10.6 Å². The van der Waals surface area contributed by atoms with E-state index in [0.717, 1.165) is 22.4 Å². The number of nitrogens with zero attached hydrogens (tertiary/aromatic N) is 2. The summed E-state index contributed by atoms with van der Waals surface area (Å²) in [5.41, 5.74) is 8.88. The van der Waals surface area contributed by atoms with Crippen molar-refractivity contribution in [3.63, 3.8) is 0 Å². The molecule has 1 amide bonds. The molecule has 0 aliphatic heterocycles. The van der Waals surface area contributed by atoms with Crippen molar-refractivity contribution in [3.8, 4) is 16.9 Å². The van der Waals surface area contributed by atoms with Crippen LogP contribution in [0.5, 0.6) is 5.75 Å². The number of hydrogen-bond donors (Lipinski definition) is 1. The van der Waals surface area contributed by atoms with Gasteiger partial charge in [0, 0.05) is 0 Å². The van der Waals surface area contributed by atoms with Crippen LogP contribution in [0.1, 0.15) is 65.8 Å². The fourth-order valence-electron chi connectivity index (χ4n) is 3.98. The molecule has 2 N–H and O–H groups in total. The molecule has 0 saturated carbocycles. The summed E-state index contributed by atoms with van der Waals surface area (Å²) in [6.45, 7) is 12.8. The lowest BCUT2D eigenvalue weighted by Gasteiger charge is -2.28. The quantitative estimate of drug-likeness (QED) is 0.306. The topological polar surface area (TPSA) is 104 Å². The number of aromatic nitrogens is 1. The molecule has 3 aromatic rings. The van der Waals surface area contributed by atoms with Gasteiger partial charge in [-0.05, 0) is 95.8 Å². The predicted molar refractivity (Wildman–Crippen MR) is 157 cm³/mol. The zero-order valence-corrected chi connectivity index (χ0v) is 24.6. The van der Waals surface area contributed by atoms with Crippen LogP contribution in [0, 0.1) is 0 Å². The maximum atomic E-state index is 13.1. The molecule has 0 saturated heterocycles. The third kappa shape index (κ3) is 9.38. The van der Waals surface area contributed by atoms with E-state index in [1.165, 1.54) is 4.90 Å². The molecular formula is C32H41N3O5. The highest BCUT2D eigenvalue weighted by Gasteiger charge is 2.29. The molecule has 0 fully saturated rings. The van der Waals surface area contributed by atoms with Crippen LogP contribution in [-0.4, -0.2) is 41.4 Å². The fourth-order valence-corrected chi connectivity index (χ4v) is 3.98. The standard InChI is InChI=1S/C32H41N3O5/c1-8-38-25-12-9-11-24(20-25)23-17-15-22(16-18-23)19-26(33)27-13-10-14-28(34-27)35(30(37)40-32(5,6)7)21-29(36)39-31(2,3)4/h9-18,20,26H,8,19,21,33H2,1-7H3. The van der Waals surface area contributed by atoms with Crippen molar-refractivity contribution in [2.45, 2.75) is 72.1 Å². The van der Waals surface area contributed by atoms with Gasteiger partial charge in [-0.15, -0.1) is 0 Å². The van der Waals surface area contributed by atoms with Crippen LogP contribution in [-0.2, 0) is 20.7 Å². The number of amides is 1. The van der Waals surface area contributed by atoms with Gasteiger partial charge in [-0.3, -0.25) is 9.69 Å². The van der Waals surface area contributed by atoms with Gasteiger partial charge < -0.3 is 19.9 Å². The highest BCUT2D eigenvalue weighted by atomic mass is 16.6. The van der Waals surface area contributed by atoms with E-state index in [1.807, 2.05) is 49.4 Å². The molecule has 8 nitrogen and oxygen atoms in total. The zero-order chi connectivity index (χ0) is 29.5. The molecule has 2 aromatic carbocycles. The highest BCUT2D eigenvalue weighted by Crippen LogP contribution is 2.26. The number of nitrogens with two attached hydrogens (primary N) is 1. The molecule has 40 heavy (non-hydrogen) atoms. The van der Waals surface area contributed by atoms with Crippen molar-refractivity contribution in [2.75, 3.05) is 18.1 Å². The largest absolute Gasteiger partial charge is 0.494 e. The number of anilines is 1. The lowest BCUT2D eigenvalue weighted by atomic mass is 9.99. The molecule has 1 aromatic heterocycles. The normalized spacial score (nSPS) is 12.4. The van der Waals surface area contributed by atoms with Gasteiger partial charge in [0.2, 0.25) is 0 Å². The molecule has 1 atom stereocenters. The Morgan fingerprint density at radius 3 is 2.15 bits per heavy atom. The van der Waals surface area contributed by atoms with Crippen molar-refractivity contribution in [1.82, 2.24) is 4.98 Å². The van der Waals surface area contributed by atoms with E-state index in [0.29, 0.717) is 18.7 Å². The number of carbonyl (C=O) groups is 2. The summed E-state index contributed by atoms with van der Waals surface area (Å²) in [5.74, 6) is 0.531. The average molecular weight is 548 g/mol. The van der Waals surface area contributed by atoms with Crippen molar-refractivity contribution in [3.05, 3.63) is 78.0 Å². The van der Waals surface area contributed by atoms with Gasteiger partial charge >= 0.3 is 12.1 Å². The Hall–Kier alpha value is -3.91. The summed E-state index contributed by atoms with van der Waals surface area (Å²) >= 11 is 0. The lowest BCUT2D eigenvalue weighted by Crippen LogP contribution is -2.42. The van der Waals surface area contributed by atoms with Crippen LogP contribution in [0.2, 0.25) is 0 Å². The summed E-state index contributed by atoms with van der Waals surface area (Å²) in [7, 11) is 0. The Labute approximate surface area is 237 Å².